The summed E-state index contributed by atoms with van der Waals surface area (Å²) >= 11 is 3.49. The third-order valence-corrected chi connectivity index (χ3v) is 4.20. The molecule has 0 spiro atoms. The average molecular weight is 382 g/mol. The molecule has 0 radical (unpaired) electrons. The number of nitriles is 1. The number of benzene rings is 2. The molecule has 3 aromatic rings. The van der Waals surface area contributed by atoms with Crippen molar-refractivity contribution in [2.24, 2.45) is 0 Å². The minimum atomic E-state index is 0.486. The number of H-pyrrole nitrogens is 1. The number of allylic oxidation sites excluding steroid dienone is 1. The van der Waals surface area contributed by atoms with Crippen molar-refractivity contribution < 1.29 is 4.74 Å². The molecule has 0 aliphatic heterocycles. The normalized spacial score (nSPS) is 11.5. The van der Waals surface area contributed by atoms with Crippen LogP contribution in [0, 0.1) is 18.3 Å². The second-order valence-electron chi connectivity index (χ2n) is 5.40. The Morgan fingerprint density at radius 1 is 1.33 bits per heavy atom. The Kier molecular flexibility index (Phi) is 4.68. The first-order valence-corrected chi connectivity index (χ1v) is 8.41. The van der Waals surface area contributed by atoms with E-state index >= 15 is 0 Å². The van der Waals surface area contributed by atoms with E-state index < -0.39 is 0 Å². The number of hydrogen-bond acceptors (Lipinski definition) is 3. The van der Waals surface area contributed by atoms with E-state index in [9.17, 15) is 5.26 Å². The number of rotatable bonds is 4. The molecule has 1 heterocycles. The maximum atomic E-state index is 9.51. The first-order valence-electron chi connectivity index (χ1n) is 7.61. The Balaban J connectivity index is 1.99. The molecule has 0 saturated carbocycles. The van der Waals surface area contributed by atoms with E-state index in [2.05, 4.69) is 32.0 Å². The number of aromatic nitrogens is 2. The first-order chi connectivity index (χ1) is 11.6. The summed E-state index contributed by atoms with van der Waals surface area (Å²) in [5, 5.41) is 9.51. The zero-order chi connectivity index (χ0) is 17.1. The van der Waals surface area contributed by atoms with Crippen molar-refractivity contribution in [3.63, 3.8) is 0 Å². The van der Waals surface area contributed by atoms with E-state index in [1.807, 2.05) is 56.3 Å². The molecule has 2 aromatic carbocycles. The van der Waals surface area contributed by atoms with Gasteiger partial charge >= 0.3 is 0 Å². The van der Waals surface area contributed by atoms with Crippen LogP contribution in [0.2, 0.25) is 0 Å². The summed E-state index contributed by atoms with van der Waals surface area (Å²) in [4.78, 5) is 7.72. The van der Waals surface area contributed by atoms with Crippen LogP contribution in [0.5, 0.6) is 5.75 Å². The number of nitrogens with zero attached hydrogens (tertiary/aromatic N) is 2. The molecule has 5 heteroatoms. The van der Waals surface area contributed by atoms with E-state index in [1.165, 1.54) is 0 Å². The van der Waals surface area contributed by atoms with E-state index in [0.717, 1.165) is 32.4 Å². The van der Waals surface area contributed by atoms with Crippen LogP contribution in [0.1, 0.15) is 23.9 Å². The summed E-state index contributed by atoms with van der Waals surface area (Å²) in [6.07, 6.45) is 1.81. The fourth-order valence-electron chi connectivity index (χ4n) is 2.45. The molecule has 1 aromatic heterocycles. The lowest BCUT2D eigenvalue weighted by Crippen LogP contribution is -1.92. The molecule has 0 amide bonds. The first kappa shape index (κ1) is 16.3. The number of hydrogen-bond donors (Lipinski definition) is 1. The molecule has 4 nitrogen and oxygen atoms in total. The van der Waals surface area contributed by atoms with Gasteiger partial charge < -0.3 is 9.72 Å². The number of nitrogens with one attached hydrogen (secondary N) is 1. The van der Waals surface area contributed by atoms with Gasteiger partial charge in [-0.2, -0.15) is 5.26 Å². The van der Waals surface area contributed by atoms with Gasteiger partial charge in [-0.3, -0.25) is 0 Å². The van der Waals surface area contributed by atoms with Gasteiger partial charge in [0.15, 0.2) is 0 Å². The highest BCUT2D eigenvalue weighted by atomic mass is 79.9. The molecular weight excluding hydrogens is 366 g/mol. The Bertz CT molecular complexity index is 966. The highest BCUT2D eigenvalue weighted by Crippen LogP contribution is 2.28. The molecule has 0 saturated heterocycles. The number of imidazole rings is 1. The molecular formula is C19H16BrN3O. The Morgan fingerprint density at radius 2 is 2.17 bits per heavy atom. The van der Waals surface area contributed by atoms with Gasteiger partial charge in [0.2, 0.25) is 0 Å². The van der Waals surface area contributed by atoms with Crippen LogP contribution in [-0.4, -0.2) is 16.6 Å². The summed E-state index contributed by atoms with van der Waals surface area (Å²) < 4.78 is 6.36. The van der Waals surface area contributed by atoms with Gasteiger partial charge in [0, 0.05) is 0 Å². The van der Waals surface area contributed by atoms with E-state index in [4.69, 9.17) is 4.74 Å². The van der Waals surface area contributed by atoms with E-state index in [-0.39, 0.29) is 0 Å². The van der Waals surface area contributed by atoms with Crippen molar-refractivity contribution in [1.29, 1.82) is 5.26 Å². The molecule has 24 heavy (non-hydrogen) atoms. The Labute approximate surface area is 148 Å². The molecule has 0 bridgehead atoms. The maximum absolute atomic E-state index is 9.51. The van der Waals surface area contributed by atoms with Gasteiger partial charge in [0.1, 0.15) is 17.6 Å². The fourth-order valence-corrected chi connectivity index (χ4v) is 2.96. The number of halogens is 1. The van der Waals surface area contributed by atoms with Gasteiger partial charge in [0.05, 0.1) is 27.7 Å². The van der Waals surface area contributed by atoms with Gasteiger partial charge in [-0.05, 0) is 71.2 Å². The van der Waals surface area contributed by atoms with E-state index in [0.29, 0.717) is 18.0 Å². The monoisotopic (exact) mass is 381 g/mol. The predicted octanol–water partition coefficient (Wildman–Crippen LogP) is 5.10. The number of fused-ring (bicyclic) bond motifs is 1. The van der Waals surface area contributed by atoms with Crippen LogP contribution in [0.15, 0.2) is 40.9 Å². The SMILES string of the molecule is CCOc1ccc(C=C(C#N)c2nc3ccc(C)cc3[nH]2)cc1Br. The van der Waals surface area contributed by atoms with Crippen molar-refractivity contribution in [3.8, 4) is 11.8 Å². The maximum Gasteiger partial charge on any atom is 0.149 e. The zero-order valence-electron chi connectivity index (χ0n) is 13.4. The lowest BCUT2D eigenvalue weighted by atomic mass is 10.1. The molecule has 120 valence electrons. The summed E-state index contributed by atoms with van der Waals surface area (Å²) in [6, 6.07) is 13.9. The van der Waals surface area contributed by atoms with Crippen LogP contribution >= 0.6 is 15.9 Å². The summed E-state index contributed by atoms with van der Waals surface area (Å²) in [7, 11) is 0. The van der Waals surface area contributed by atoms with Gasteiger partial charge in [-0.25, -0.2) is 4.98 Å². The number of aromatic amines is 1. The molecule has 0 atom stereocenters. The third-order valence-electron chi connectivity index (χ3n) is 3.58. The van der Waals surface area contributed by atoms with Crippen molar-refractivity contribution in [3.05, 3.63) is 57.8 Å². The van der Waals surface area contributed by atoms with Gasteiger partial charge in [0.25, 0.3) is 0 Å². The topological polar surface area (TPSA) is 61.7 Å². The lowest BCUT2D eigenvalue weighted by molar-refractivity contribution is 0.338. The van der Waals surface area contributed by atoms with Crippen molar-refractivity contribution in [1.82, 2.24) is 9.97 Å². The van der Waals surface area contributed by atoms with Crippen LogP contribution in [-0.2, 0) is 0 Å². The van der Waals surface area contributed by atoms with Gasteiger partial charge in [-0.15, -0.1) is 0 Å². The molecule has 1 N–H and O–H groups in total. The van der Waals surface area contributed by atoms with Crippen LogP contribution in [0.4, 0.5) is 0 Å². The second-order valence-corrected chi connectivity index (χ2v) is 6.25. The zero-order valence-corrected chi connectivity index (χ0v) is 15.0. The Hall–Kier alpha value is -2.58. The average Bonchev–Trinajstić information content (AvgIpc) is 2.98. The van der Waals surface area contributed by atoms with Crippen LogP contribution < -0.4 is 4.74 Å². The third kappa shape index (κ3) is 3.34. The lowest BCUT2D eigenvalue weighted by Gasteiger charge is -2.06. The summed E-state index contributed by atoms with van der Waals surface area (Å²) in [6.45, 7) is 4.57. The quantitative estimate of drug-likeness (QED) is 0.639. The minimum Gasteiger partial charge on any atom is -0.493 e. The molecule has 3 rings (SSSR count). The summed E-state index contributed by atoms with van der Waals surface area (Å²) in [5.41, 5.74) is 4.32. The molecule has 0 aliphatic rings. The fraction of sp³-hybridized carbons (Fsp3) is 0.158. The van der Waals surface area contributed by atoms with E-state index in [1.54, 1.807) is 0 Å². The standard InChI is InChI=1S/C19H16BrN3O/c1-3-24-18-7-5-13(10-15(18)20)9-14(11-21)19-22-16-6-4-12(2)8-17(16)23-19/h4-10H,3H2,1-2H3,(H,22,23). The number of ether oxygens (including phenoxy) is 1. The molecule has 0 unspecified atom stereocenters. The minimum absolute atomic E-state index is 0.486. The van der Waals surface area contributed by atoms with Crippen molar-refractivity contribution in [2.45, 2.75) is 13.8 Å². The van der Waals surface area contributed by atoms with Crippen LogP contribution in [0.3, 0.4) is 0 Å². The molecule has 0 aliphatic carbocycles. The highest BCUT2D eigenvalue weighted by Gasteiger charge is 2.09. The van der Waals surface area contributed by atoms with Crippen LogP contribution in [0.25, 0.3) is 22.7 Å². The van der Waals surface area contributed by atoms with Gasteiger partial charge in [-0.1, -0.05) is 12.1 Å². The molecule has 0 fully saturated rings. The van der Waals surface area contributed by atoms with Crippen molar-refractivity contribution >= 4 is 38.6 Å². The largest absolute Gasteiger partial charge is 0.493 e. The second kappa shape index (κ2) is 6.90. The summed E-state index contributed by atoms with van der Waals surface area (Å²) in [5.74, 6) is 1.36. The Morgan fingerprint density at radius 3 is 2.88 bits per heavy atom. The number of aryl methyl sites for hydroxylation is 1. The highest BCUT2D eigenvalue weighted by molar-refractivity contribution is 9.10. The van der Waals surface area contributed by atoms with Crippen molar-refractivity contribution in [2.75, 3.05) is 6.61 Å². The predicted molar refractivity (Wildman–Crippen MR) is 99.6 cm³/mol. The smallest absolute Gasteiger partial charge is 0.149 e.